The molecule has 3 aromatic carbocycles. The molecule has 8 nitrogen and oxygen atoms in total. The average Bonchev–Trinajstić information content (AvgIpc) is 2.78. The molecule has 0 atom stereocenters. The van der Waals surface area contributed by atoms with Gasteiger partial charge in [-0.05, 0) is 54.6 Å². The number of hydrogen-bond acceptors (Lipinski definition) is 6. The lowest BCUT2D eigenvalue weighted by atomic mass is 10.3. The summed E-state index contributed by atoms with van der Waals surface area (Å²) in [6.45, 7) is -0.312. The van der Waals surface area contributed by atoms with Crippen molar-refractivity contribution in [1.29, 1.82) is 0 Å². The Hall–Kier alpha value is -3.43. The number of halogens is 1. The van der Waals surface area contributed by atoms with Gasteiger partial charge in [0, 0.05) is 17.4 Å². The molecule has 0 radical (unpaired) electrons. The maximum absolute atomic E-state index is 12.6. The molecule has 32 heavy (non-hydrogen) atoms. The van der Waals surface area contributed by atoms with Crippen LogP contribution in [0.25, 0.3) is 0 Å². The molecule has 0 aliphatic rings. The van der Waals surface area contributed by atoms with Gasteiger partial charge in [-0.2, -0.15) is 0 Å². The van der Waals surface area contributed by atoms with E-state index in [4.69, 9.17) is 25.8 Å². The molecule has 168 valence electrons. The minimum absolute atomic E-state index is 0.0495. The first kappa shape index (κ1) is 23.2. The summed E-state index contributed by atoms with van der Waals surface area (Å²) < 4.78 is 43.3. The zero-order valence-corrected chi connectivity index (χ0v) is 18.9. The second kappa shape index (κ2) is 10.3. The molecule has 0 aromatic heterocycles. The first-order valence-electron chi connectivity index (χ1n) is 9.34. The number of anilines is 2. The molecule has 0 fully saturated rings. The highest BCUT2D eigenvalue weighted by Gasteiger charge is 2.17. The second-order valence-corrected chi connectivity index (χ2v) is 8.58. The number of methoxy groups -OCH3 is 2. The second-order valence-electron chi connectivity index (χ2n) is 6.50. The van der Waals surface area contributed by atoms with Gasteiger partial charge in [0.25, 0.3) is 15.9 Å². The summed E-state index contributed by atoms with van der Waals surface area (Å²) in [5.74, 6) is 0.975. The van der Waals surface area contributed by atoms with Crippen molar-refractivity contribution < 1.29 is 27.4 Å². The Morgan fingerprint density at radius 1 is 0.906 bits per heavy atom. The topological polar surface area (TPSA) is 103 Å². The van der Waals surface area contributed by atoms with Gasteiger partial charge in [-0.1, -0.05) is 17.7 Å². The number of ether oxygens (including phenoxy) is 3. The molecule has 0 spiro atoms. The van der Waals surface area contributed by atoms with Crippen LogP contribution in [0.2, 0.25) is 5.02 Å². The standard InChI is InChI=1S/C22H21ClN2O6S/c1-29-17-8-6-15(7-9-17)25-32(27,28)19-10-11-21(20(23)13-19)31-14-22(26)24-16-4-3-5-18(12-16)30-2/h3-13,25H,14H2,1-2H3,(H,24,26). The fourth-order valence-electron chi connectivity index (χ4n) is 2.68. The first-order valence-corrected chi connectivity index (χ1v) is 11.2. The van der Waals surface area contributed by atoms with Crippen molar-refractivity contribution in [2.45, 2.75) is 4.90 Å². The molecule has 0 aliphatic heterocycles. The van der Waals surface area contributed by atoms with Gasteiger partial charge in [-0.15, -0.1) is 0 Å². The first-order chi connectivity index (χ1) is 15.3. The van der Waals surface area contributed by atoms with Gasteiger partial charge < -0.3 is 19.5 Å². The fraction of sp³-hybridized carbons (Fsp3) is 0.136. The lowest BCUT2D eigenvalue weighted by molar-refractivity contribution is -0.118. The van der Waals surface area contributed by atoms with Crippen molar-refractivity contribution in [2.75, 3.05) is 30.9 Å². The monoisotopic (exact) mass is 476 g/mol. The molecule has 0 bridgehead atoms. The molecule has 3 aromatic rings. The highest BCUT2D eigenvalue weighted by Crippen LogP contribution is 2.28. The van der Waals surface area contributed by atoms with Crippen LogP contribution in [-0.4, -0.2) is 35.2 Å². The van der Waals surface area contributed by atoms with E-state index in [-0.39, 0.29) is 22.3 Å². The molecule has 10 heteroatoms. The van der Waals surface area contributed by atoms with Crippen LogP contribution in [0.1, 0.15) is 0 Å². The maximum atomic E-state index is 12.6. The van der Waals surface area contributed by atoms with Gasteiger partial charge in [0.15, 0.2) is 6.61 Å². The number of amides is 1. The molecule has 1 amide bonds. The van der Waals surface area contributed by atoms with Crippen LogP contribution in [0.15, 0.2) is 71.6 Å². The minimum atomic E-state index is -3.87. The number of sulfonamides is 1. The van der Waals surface area contributed by atoms with E-state index < -0.39 is 15.9 Å². The van der Waals surface area contributed by atoms with E-state index in [1.807, 2.05) is 0 Å². The molecule has 3 rings (SSSR count). The zero-order valence-electron chi connectivity index (χ0n) is 17.3. The molecule has 0 heterocycles. The van der Waals surface area contributed by atoms with Crippen LogP contribution in [0.3, 0.4) is 0 Å². The van der Waals surface area contributed by atoms with Crippen LogP contribution in [0.4, 0.5) is 11.4 Å². The Labute approximate surface area is 191 Å². The van der Waals surface area contributed by atoms with Crippen LogP contribution >= 0.6 is 11.6 Å². The third kappa shape index (κ3) is 6.05. The normalized spacial score (nSPS) is 10.8. The van der Waals surface area contributed by atoms with Gasteiger partial charge >= 0.3 is 0 Å². The molecular weight excluding hydrogens is 456 g/mol. The predicted molar refractivity (Wildman–Crippen MR) is 122 cm³/mol. The van der Waals surface area contributed by atoms with E-state index in [1.54, 1.807) is 48.5 Å². The number of nitrogens with one attached hydrogen (secondary N) is 2. The molecule has 2 N–H and O–H groups in total. The van der Waals surface area contributed by atoms with Crippen molar-refractivity contribution in [3.05, 3.63) is 71.8 Å². The van der Waals surface area contributed by atoms with Crippen molar-refractivity contribution in [2.24, 2.45) is 0 Å². The summed E-state index contributed by atoms with van der Waals surface area (Å²) >= 11 is 6.18. The van der Waals surface area contributed by atoms with Gasteiger partial charge in [0.2, 0.25) is 0 Å². The number of rotatable bonds is 9. The van der Waals surface area contributed by atoms with Crippen LogP contribution < -0.4 is 24.2 Å². The fourth-order valence-corrected chi connectivity index (χ4v) is 4.06. The summed E-state index contributed by atoms with van der Waals surface area (Å²) in [5, 5.41) is 2.73. The van der Waals surface area contributed by atoms with E-state index >= 15 is 0 Å². The van der Waals surface area contributed by atoms with Crippen molar-refractivity contribution in [3.63, 3.8) is 0 Å². The van der Waals surface area contributed by atoms with E-state index in [0.717, 1.165) is 0 Å². The van der Waals surface area contributed by atoms with E-state index in [0.29, 0.717) is 22.9 Å². The van der Waals surface area contributed by atoms with Crippen molar-refractivity contribution >= 4 is 38.9 Å². The third-order valence-electron chi connectivity index (χ3n) is 4.27. The number of carbonyl (C=O) groups is 1. The SMILES string of the molecule is COc1ccc(NS(=O)(=O)c2ccc(OCC(=O)Nc3cccc(OC)c3)c(Cl)c2)cc1. The summed E-state index contributed by atoms with van der Waals surface area (Å²) in [7, 11) is -0.821. The predicted octanol–water partition coefficient (Wildman–Crippen LogP) is 4.18. The molecule has 0 saturated carbocycles. The average molecular weight is 477 g/mol. The van der Waals surface area contributed by atoms with Crippen molar-refractivity contribution in [3.8, 4) is 17.2 Å². The van der Waals surface area contributed by atoms with Crippen LogP contribution in [0, 0.1) is 0 Å². The van der Waals surface area contributed by atoms with Gasteiger partial charge in [-0.25, -0.2) is 8.42 Å². The Kier molecular flexibility index (Phi) is 7.45. The van der Waals surface area contributed by atoms with E-state index in [9.17, 15) is 13.2 Å². The molecular formula is C22H21ClN2O6S. The maximum Gasteiger partial charge on any atom is 0.262 e. The smallest absolute Gasteiger partial charge is 0.262 e. The Bertz CT molecular complexity index is 1200. The molecule has 0 saturated heterocycles. The van der Waals surface area contributed by atoms with Crippen LogP contribution in [0.5, 0.6) is 17.2 Å². The van der Waals surface area contributed by atoms with Gasteiger partial charge in [0.1, 0.15) is 17.2 Å². The lowest BCUT2D eigenvalue weighted by Gasteiger charge is -2.12. The highest BCUT2D eigenvalue weighted by molar-refractivity contribution is 7.92. The lowest BCUT2D eigenvalue weighted by Crippen LogP contribution is -2.20. The van der Waals surface area contributed by atoms with Crippen molar-refractivity contribution in [1.82, 2.24) is 0 Å². The Balaban J connectivity index is 1.62. The van der Waals surface area contributed by atoms with E-state index in [1.165, 1.54) is 32.4 Å². The molecule has 0 aliphatic carbocycles. The van der Waals surface area contributed by atoms with Gasteiger partial charge in [-0.3, -0.25) is 9.52 Å². The summed E-state index contributed by atoms with van der Waals surface area (Å²) in [4.78, 5) is 12.1. The summed E-state index contributed by atoms with van der Waals surface area (Å²) in [6.07, 6.45) is 0. The number of hydrogen-bond donors (Lipinski definition) is 2. The zero-order chi connectivity index (χ0) is 23.1. The van der Waals surface area contributed by atoms with E-state index in [2.05, 4.69) is 10.0 Å². The summed E-state index contributed by atoms with van der Waals surface area (Å²) in [5.41, 5.74) is 0.923. The quantitative estimate of drug-likeness (QED) is 0.480. The van der Waals surface area contributed by atoms with Gasteiger partial charge in [0.05, 0.1) is 24.1 Å². The largest absolute Gasteiger partial charge is 0.497 e. The third-order valence-corrected chi connectivity index (χ3v) is 5.94. The number of benzene rings is 3. The number of carbonyl (C=O) groups excluding carboxylic acids is 1. The Morgan fingerprint density at radius 3 is 2.28 bits per heavy atom. The Morgan fingerprint density at radius 2 is 1.62 bits per heavy atom. The van der Waals surface area contributed by atoms with Crippen LogP contribution in [-0.2, 0) is 14.8 Å². The molecule has 0 unspecified atom stereocenters. The highest BCUT2D eigenvalue weighted by atomic mass is 35.5. The minimum Gasteiger partial charge on any atom is -0.497 e. The summed E-state index contributed by atoms with van der Waals surface area (Å²) in [6, 6.07) is 17.3.